The molecule has 0 spiro atoms. The molecule has 3 heteroatoms. The second-order valence-electron chi connectivity index (χ2n) is 5.29. The van der Waals surface area contributed by atoms with Crippen LogP contribution in [0.5, 0.6) is 0 Å². The molecule has 1 saturated heterocycles. The molecule has 1 atom stereocenters. The van der Waals surface area contributed by atoms with Gasteiger partial charge in [-0.15, -0.1) is 0 Å². The molecule has 3 nitrogen and oxygen atoms in total. The molecule has 1 rings (SSSR count). The van der Waals surface area contributed by atoms with Gasteiger partial charge in [0.1, 0.15) is 0 Å². The van der Waals surface area contributed by atoms with Gasteiger partial charge in [0.15, 0.2) is 0 Å². The van der Waals surface area contributed by atoms with E-state index in [1.807, 2.05) is 0 Å². The molecule has 0 amide bonds. The highest BCUT2D eigenvalue weighted by Crippen LogP contribution is 2.28. The molecule has 0 saturated carbocycles. The maximum absolute atomic E-state index is 6.03. The summed E-state index contributed by atoms with van der Waals surface area (Å²) in [6.07, 6.45) is 3.71. The molecule has 0 bridgehead atoms. The van der Waals surface area contributed by atoms with Gasteiger partial charge in [0, 0.05) is 18.1 Å². The van der Waals surface area contributed by atoms with Crippen molar-refractivity contribution in [1.82, 2.24) is 9.80 Å². The van der Waals surface area contributed by atoms with Crippen LogP contribution in [0.2, 0.25) is 0 Å². The van der Waals surface area contributed by atoms with Crippen molar-refractivity contribution in [2.75, 3.05) is 33.7 Å². The van der Waals surface area contributed by atoms with Gasteiger partial charge >= 0.3 is 0 Å². The predicted molar refractivity (Wildman–Crippen MR) is 66.0 cm³/mol. The molecular weight excluding hydrogens is 186 g/mol. The Morgan fingerprint density at radius 2 is 2.00 bits per heavy atom. The Balaban J connectivity index is 2.74. The lowest BCUT2D eigenvalue weighted by Crippen LogP contribution is -2.55. The van der Waals surface area contributed by atoms with E-state index in [0.29, 0.717) is 6.04 Å². The number of hydrogen-bond donors (Lipinski definition) is 1. The molecule has 1 heterocycles. The van der Waals surface area contributed by atoms with Crippen LogP contribution in [-0.4, -0.2) is 55.1 Å². The van der Waals surface area contributed by atoms with Crippen LogP contribution in [0, 0.1) is 0 Å². The van der Waals surface area contributed by atoms with E-state index >= 15 is 0 Å². The van der Waals surface area contributed by atoms with Crippen molar-refractivity contribution in [2.24, 2.45) is 5.73 Å². The standard InChI is InChI=1S/C12H27N3/c1-11(2)15(4)12(10-13)6-5-8-14(3)9-7-12/h11H,5-10,13H2,1-4H3. The minimum Gasteiger partial charge on any atom is -0.329 e. The highest BCUT2D eigenvalue weighted by Gasteiger charge is 2.35. The number of rotatable bonds is 3. The Hall–Kier alpha value is -0.120. The van der Waals surface area contributed by atoms with Crippen molar-refractivity contribution in [3.8, 4) is 0 Å². The van der Waals surface area contributed by atoms with Gasteiger partial charge in [0.2, 0.25) is 0 Å². The Morgan fingerprint density at radius 1 is 1.33 bits per heavy atom. The third-order valence-corrected chi connectivity index (χ3v) is 4.04. The molecule has 0 aromatic carbocycles. The van der Waals surface area contributed by atoms with Gasteiger partial charge < -0.3 is 10.6 Å². The quantitative estimate of drug-likeness (QED) is 0.763. The summed E-state index contributed by atoms with van der Waals surface area (Å²) in [6, 6.07) is 0.581. The maximum atomic E-state index is 6.03. The number of hydrogen-bond acceptors (Lipinski definition) is 3. The monoisotopic (exact) mass is 213 g/mol. The molecule has 2 N–H and O–H groups in total. The Bertz CT molecular complexity index is 193. The summed E-state index contributed by atoms with van der Waals surface area (Å²) >= 11 is 0. The first-order valence-electron chi connectivity index (χ1n) is 6.13. The molecule has 1 aliphatic heterocycles. The van der Waals surface area contributed by atoms with Crippen molar-refractivity contribution in [3.05, 3.63) is 0 Å². The number of likely N-dealkylation sites (tertiary alicyclic amines) is 1. The van der Waals surface area contributed by atoms with Crippen LogP contribution in [0.15, 0.2) is 0 Å². The van der Waals surface area contributed by atoms with E-state index in [0.717, 1.165) is 6.54 Å². The van der Waals surface area contributed by atoms with Gasteiger partial charge in [-0.3, -0.25) is 4.90 Å². The Kier molecular flexibility index (Phi) is 4.56. The minimum atomic E-state index is 0.235. The topological polar surface area (TPSA) is 32.5 Å². The fourth-order valence-electron chi connectivity index (χ4n) is 2.56. The van der Waals surface area contributed by atoms with Crippen LogP contribution >= 0.6 is 0 Å². The Morgan fingerprint density at radius 3 is 2.53 bits per heavy atom. The van der Waals surface area contributed by atoms with Gasteiger partial charge in [-0.1, -0.05) is 0 Å². The summed E-state index contributed by atoms with van der Waals surface area (Å²) < 4.78 is 0. The van der Waals surface area contributed by atoms with E-state index in [2.05, 4.69) is 37.7 Å². The smallest absolute Gasteiger partial charge is 0.0344 e. The molecule has 1 fully saturated rings. The lowest BCUT2D eigenvalue weighted by molar-refractivity contribution is 0.0774. The fourth-order valence-corrected chi connectivity index (χ4v) is 2.56. The fraction of sp³-hybridized carbons (Fsp3) is 1.00. The highest BCUT2D eigenvalue weighted by atomic mass is 15.2. The predicted octanol–water partition coefficient (Wildman–Crippen LogP) is 1.14. The molecule has 1 unspecified atom stereocenters. The van der Waals surface area contributed by atoms with E-state index in [4.69, 9.17) is 5.73 Å². The largest absolute Gasteiger partial charge is 0.329 e. The van der Waals surface area contributed by atoms with Crippen LogP contribution in [0.4, 0.5) is 0 Å². The second kappa shape index (κ2) is 5.28. The van der Waals surface area contributed by atoms with Crippen LogP contribution in [0.1, 0.15) is 33.1 Å². The molecule has 15 heavy (non-hydrogen) atoms. The molecular formula is C12H27N3. The third-order valence-electron chi connectivity index (χ3n) is 4.04. The Labute approximate surface area is 94.6 Å². The lowest BCUT2D eigenvalue weighted by Gasteiger charge is -2.43. The number of nitrogens with zero attached hydrogens (tertiary/aromatic N) is 2. The zero-order chi connectivity index (χ0) is 11.5. The van der Waals surface area contributed by atoms with Crippen molar-refractivity contribution >= 4 is 0 Å². The van der Waals surface area contributed by atoms with E-state index in [1.165, 1.54) is 32.4 Å². The second-order valence-corrected chi connectivity index (χ2v) is 5.29. The van der Waals surface area contributed by atoms with Crippen molar-refractivity contribution < 1.29 is 0 Å². The molecule has 90 valence electrons. The highest BCUT2D eigenvalue weighted by molar-refractivity contribution is 4.94. The molecule has 0 aliphatic carbocycles. The minimum absolute atomic E-state index is 0.235. The summed E-state index contributed by atoms with van der Waals surface area (Å²) in [7, 11) is 4.44. The first-order valence-corrected chi connectivity index (χ1v) is 6.13. The summed E-state index contributed by atoms with van der Waals surface area (Å²) in [5.41, 5.74) is 6.27. The van der Waals surface area contributed by atoms with Crippen molar-refractivity contribution in [3.63, 3.8) is 0 Å². The summed E-state index contributed by atoms with van der Waals surface area (Å²) in [5.74, 6) is 0. The normalized spacial score (nSPS) is 29.8. The third kappa shape index (κ3) is 2.92. The summed E-state index contributed by atoms with van der Waals surface area (Å²) in [6.45, 7) is 7.69. The average Bonchev–Trinajstić information content (AvgIpc) is 2.40. The van der Waals surface area contributed by atoms with Crippen LogP contribution in [0.3, 0.4) is 0 Å². The number of nitrogens with two attached hydrogens (primary N) is 1. The van der Waals surface area contributed by atoms with Gasteiger partial charge in [-0.25, -0.2) is 0 Å². The molecule has 0 radical (unpaired) electrons. The zero-order valence-corrected chi connectivity index (χ0v) is 10.8. The van der Waals surface area contributed by atoms with Crippen molar-refractivity contribution in [2.45, 2.75) is 44.7 Å². The maximum Gasteiger partial charge on any atom is 0.0344 e. The van der Waals surface area contributed by atoms with E-state index in [-0.39, 0.29) is 5.54 Å². The summed E-state index contributed by atoms with van der Waals surface area (Å²) in [5, 5.41) is 0. The van der Waals surface area contributed by atoms with Gasteiger partial charge in [-0.05, 0) is 60.3 Å². The SMILES string of the molecule is CC(C)N(C)C1(CN)CCCN(C)CC1. The van der Waals surface area contributed by atoms with Crippen LogP contribution in [0.25, 0.3) is 0 Å². The van der Waals surface area contributed by atoms with Crippen molar-refractivity contribution in [1.29, 1.82) is 0 Å². The zero-order valence-electron chi connectivity index (χ0n) is 10.8. The molecule has 0 aromatic rings. The number of likely N-dealkylation sites (N-methyl/N-ethyl adjacent to an activating group) is 1. The van der Waals surface area contributed by atoms with E-state index in [9.17, 15) is 0 Å². The van der Waals surface area contributed by atoms with Crippen LogP contribution < -0.4 is 5.73 Å². The van der Waals surface area contributed by atoms with E-state index < -0.39 is 0 Å². The van der Waals surface area contributed by atoms with Gasteiger partial charge in [0.05, 0.1) is 0 Å². The first-order chi connectivity index (χ1) is 7.02. The van der Waals surface area contributed by atoms with Gasteiger partial charge in [0.25, 0.3) is 0 Å². The van der Waals surface area contributed by atoms with E-state index in [1.54, 1.807) is 0 Å². The lowest BCUT2D eigenvalue weighted by atomic mass is 9.88. The summed E-state index contributed by atoms with van der Waals surface area (Å²) in [4.78, 5) is 4.90. The molecule has 0 aromatic heterocycles. The van der Waals surface area contributed by atoms with Gasteiger partial charge in [-0.2, -0.15) is 0 Å². The van der Waals surface area contributed by atoms with Crippen LogP contribution in [-0.2, 0) is 0 Å². The first kappa shape index (κ1) is 12.9. The molecule has 1 aliphatic rings. The average molecular weight is 213 g/mol.